The zero-order chi connectivity index (χ0) is 14.5. The first kappa shape index (κ1) is 14.8. The number of anilines is 1. The van der Waals surface area contributed by atoms with E-state index in [9.17, 15) is 4.79 Å². The summed E-state index contributed by atoms with van der Waals surface area (Å²) >= 11 is 0. The molecule has 0 saturated carbocycles. The first-order valence-corrected chi connectivity index (χ1v) is 7.44. The molecule has 0 spiro atoms. The van der Waals surface area contributed by atoms with E-state index in [1.54, 1.807) is 0 Å². The lowest BCUT2D eigenvalue weighted by Gasteiger charge is -2.22. The highest BCUT2D eigenvalue weighted by Gasteiger charge is 2.19. The van der Waals surface area contributed by atoms with E-state index < -0.39 is 5.91 Å². The molecule has 1 aliphatic carbocycles. The molecule has 0 saturated heterocycles. The van der Waals surface area contributed by atoms with Crippen LogP contribution in [0.1, 0.15) is 54.2 Å². The second-order valence-corrected chi connectivity index (χ2v) is 5.43. The third-order valence-corrected chi connectivity index (χ3v) is 3.83. The van der Waals surface area contributed by atoms with Crippen LogP contribution >= 0.6 is 0 Å². The van der Waals surface area contributed by atoms with Crippen LogP contribution in [0.15, 0.2) is 6.07 Å². The Kier molecular flexibility index (Phi) is 4.95. The average molecular weight is 276 g/mol. The molecule has 5 nitrogen and oxygen atoms in total. The van der Waals surface area contributed by atoms with Crippen molar-refractivity contribution in [1.29, 1.82) is 0 Å². The third kappa shape index (κ3) is 3.28. The van der Waals surface area contributed by atoms with E-state index in [4.69, 9.17) is 11.5 Å². The Morgan fingerprint density at radius 1 is 1.45 bits per heavy atom. The van der Waals surface area contributed by atoms with Gasteiger partial charge in [0.1, 0.15) is 5.82 Å². The summed E-state index contributed by atoms with van der Waals surface area (Å²) in [5, 5.41) is 3.29. The number of primary amides is 1. The van der Waals surface area contributed by atoms with Crippen LogP contribution in [-0.4, -0.2) is 23.5 Å². The van der Waals surface area contributed by atoms with Crippen LogP contribution in [0, 0.1) is 0 Å². The molecular weight excluding hydrogens is 252 g/mol. The molecule has 0 aromatic carbocycles. The molecule has 20 heavy (non-hydrogen) atoms. The van der Waals surface area contributed by atoms with Crippen LogP contribution < -0.4 is 16.8 Å². The number of hydrogen-bond donors (Lipinski definition) is 3. The second kappa shape index (κ2) is 6.70. The highest BCUT2D eigenvalue weighted by atomic mass is 16.1. The molecule has 0 fully saturated rings. The summed E-state index contributed by atoms with van der Waals surface area (Å²) in [6.07, 6.45) is 6.26. The maximum absolute atomic E-state index is 11.6. The van der Waals surface area contributed by atoms with Gasteiger partial charge in [-0.1, -0.05) is 13.3 Å². The van der Waals surface area contributed by atoms with Crippen LogP contribution in [0.5, 0.6) is 0 Å². The number of pyridine rings is 1. The Morgan fingerprint density at radius 3 is 2.85 bits per heavy atom. The van der Waals surface area contributed by atoms with Crippen LogP contribution in [0.3, 0.4) is 0 Å². The molecule has 1 aromatic rings. The van der Waals surface area contributed by atoms with E-state index in [1.165, 1.54) is 0 Å². The van der Waals surface area contributed by atoms with Crippen molar-refractivity contribution >= 4 is 11.7 Å². The van der Waals surface area contributed by atoms with E-state index in [0.717, 1.165) is 49.8 Å². The number of carbonyl (C=O) groups excluding carboxylic acids is 1. The highest BCUT2D eigenvalue weighted by Crippen LogP contribution is 2.25. The molecule has 1 unspecified atom stereocenters. The fourth-order valence-corrected chi connectivity index (χ4v) is 2.72. The van der Waals surface area contributed by atoms with E-state index in [2.05, 4.69) is 17.2 Å². The van der Waals surface area contributed by atoms with Gasteiger partial charge in [-0.25, -0.2) is 4.98 Å². The van der Waals surface area contributed by atoms with Gasteiger partial charge in [0.25, 0.3) is 5.91 Å². The van der Waals surface area contributed by atoms with Gasteiger partial charge < -0.3 is 16.8 Å². The topological polar surface area (TPSA) is 94.0 Å². The molecular formula is C15H24N4O. The van der Waals surface area contributed by atoms with Crippen molar-refractivity contribution < 1.29 is 4.79 Å². The number of hydrogen-bond acceptors (Lipinski definition) is 4. The number of rotatable bonds is 6. The maximum atomic E-state index is 11.6. The Balaban J connectivity index is 2.31. The number of aryl methyl sites for hydroxylation is 2. The number of aromatic nitrogens is 1. The Hall–Kier alpha value is -1.62. The largest absolute Gasteiger partial charge is 0.365 e. The predicted molar refractivity (Wildman–Crippen MR) is 80.8 cm³/mol. The minimum atomic E-state index is -0.430. The normalized spacial score (nSPS) is 15.5. The molecule has 0 aliphatic heterocycles. The molecule has 0 bridgehead atoms. The summed E-state index contributed by atoms with van der Waals surface area (Å²) in [6, 6.07) is 2.04. The fourth-order valence-electron chi connectivity index (χ4n) is 2.72. The Labute approximate surface area is 120 Å². The van der Waals surface area contributed by atoms with Crippen LogP contribution in [0.25, 0.3) is 0 Å². The van der Waals surface area contributed by atoms with Crippen molar-refractivity contribution in [1.82, 2.24) is 4.98 Å². The SMILES string of the molecule is CCCC(CN)Nc1nc2c(cc1C(N)=O)CCCC2. The summed E-state index contributed by atoms with van der Waals surface area (Å²) < 4.78 is 0. The lowest BCUT2D eigenvalue weighted by molar-refractivity contribution is 0.100. The third-order valence-electron chi connectivity index (χ3n) is 3.83. The van der Waals surface area contributed by atoms with Gasteiger partial charge in [0.05, 0.1) is 5.56 Å². The monoisotopic (exact) mass is 276 g/mol. The number of nitrogens with one attached hydrogen (secondary N) is 1. The van der Waals surface area contributed by atoms with Crippen molar-refractivity contribution in [3.8, 4) is 0 Å². The van der Waals surface area contributed by atoms with Gasteiger partial charge >= 0.3 is 0 Å². The molecule has 1 heterocycles. The van der Waals surface area contributed by atoms with E-state index in [-0.39, 0.29) is 6.04 Å². The van der Waals surface area contributed by atoms with Crippen molar-refractivity contribution in [3.05, 3.63) is 22.9 Å². The molecule has 5 heteroatoms. The van der Waals surface area contributed by atoms with Crippen molar-refractivity contribution in [2.75, 3.05) is 11.9 Å². The van der Waals surface area contributed by atoms with E-state index >= 15 is 0 Å². The number of amides is 1. The van der Waals surface area contributed by atoms with Gasteiger partial charge in [0, 0.05) is 18.3 Å². The van der Waals surface area contributed by atoms with Crippen LogP contribution in [0.2, 0.25) is 0 Å². The van der Waals surface area contributed by atoms with Gasteiger partial charge in [-0.05, 0) is 43.7 Å². The van der Waals surface area contributed by atoms with Gasteiger partial charge in [0.2, 0.25) is 0 Å². The summed E-state index contributed by atoms with van der Waals surface area (Å²) in [6.45, 7) is 2.63. The second-order valence-electron chi connectivity index (χ2n) is 5.43. The lowest BCUT2D eigenvalue weighted by Crippen LogP contribution is -2.31. The predicted octanol–water partition coefficient (Wildman–Crippen LogP) is 1.60. The zero-order valence-corrected chi connectivity index (χ0v) is 12.1. The first-order valence-electron chi connectivity index (χ1n) is 7.44. The molecule has 1 aromatic heterocycles. The minimum Gasteiger partial charge on any atom is -0.365 e. The lowest BCUT2D eigenvalue weighted by atomic mass is 9.94. The molecule has 1 atom stereocenters. The number of nitrogens with two attached hydrogens (primary N) is 2. The maximum Gasteiger partial charge on any atom is 0.252 e. The summed E-state index contributed by atoms with van der Waals surface area (Å²) in [7, 11) is 0. The van der Waals surface area contributed by atoms with Gasteiger partial charge in [-0.2, -0.15) is 0 Å². The quantitative estimate of drug-likeness (QED) is 0.735. The Morgan fingerprint density at radius 2 is 2.20 bits per heavy atom. The highest BCUT2D eigenvalue weighted by molar-refractivity contribution is 5.97. The summed E-state index contributed by atoms with van der Waals surface area (Å²) in [5.41, 5.74) is 14.0. The average Bonchev–Trinajstić information content (AvgIpc) is 2.45. The van der Waals surface area contributed by atoms with E-state index in [0.29, 0.717) is 17.9 Å². The molecule has 5 N–H and O–H groups in total. The van der Waals surface area contributed by atoms with Crippen molar-refractivity contribution in [3.63, 3.8) is 0 Å². The van der Waals surface area contributed by atoms with Crippen molar-refractivity contribution in [2.24, 2.45) is 11.5 Å². The smallest absolute Gasteiger partial charge is 0.252 e. The summed E-state index contributed by atoms with van der Waals surface area (Å²) in [4.78, 5) is 16.3. The number of fused-ring (bicyclic) bond motifs is 1. The van der Waals surface area contributed by atoms with Crippen molar-refractivity contribution in [2.45, 2.75) is 51.5 Å². The molecule has 1 aliphatic rings. The van der Waals surface area contributed by atoms with Crippen LogP contribution in [-0.2, 0) is 12.8 Å². The first-order chi connectivity index (χ1) is 9.65. The number of nitrogens with zero attached hydrogens (tertiary/aromatic N) is 1. The molecule has 110 valence electrons. The Bertz CT molecular complexity index is 487. The van der Waals surface area contributed by atoms with Gasteiger partial charge in [-0.3, -0.25) is 4.79 Å². The molecule has 2 rings (SSSR count). The van der Waals surface area contributed by atoms with Gasteiger partial charge in [0.15, 0.2) is 0 Å². The zero-order valence-electron chi connectivity index (χ0n) is 12.1. The number of carbonyl (C=O) groups is 1. The van der Waals surface area contributed by atoms with E-state index in [1.807, 2.05) is 6.07 Å². The fraction of sp³-hybridized carbons (Fsp3) is 0.600. The molecule has 1 amide bonds. The molecule has 0 radical (unpaired) electrons. The summed E-state index contributed by atoms with van der Waals surface area (Å²) in [5.74, 6) is 0.169. The standard InChI is InChI=1S/C15H24N4O/c1-2-5-11(9-16)18-15-12(14(17)20)8-10-6-3-4-7-13(10)19-15/h8,11H,2-7,9,16H2,1H3,(H2,17,20)(H,18,19). The minimum absolute atomic E-state index is 0.132. The van der Waals surface area contributed by atoms with Crippen LogP contribution in [0.4, 0.5) is 5.82 Å². The van der Waals surface area contributed by atoms with Gasteiger partial charge in [-0.15, -0.1) is 0 Å².